The number of ketones is 1. The summed E-state index contributed by atoms with van der Waals surface area (Å²) in [7, 11) is 6.42. The zero-order valence-electron chi connectivity index (χ0n) is 22.3. The molecule has 0 aliphatic heterocycles. The lowest BCUT2D eigenvalue weighted by Gasteiger charge is -2.29. The van der Waals surface area contributed by atoms with Gasteiger partial charge in [-0.3, -0.25) is 19.2 Å². The van der Waals surface area contributed by atoms with Crippen LogP contribution in [0.15, 0.2) is 0 Å². The van der Waals surface area contributed by atoms with Crippen LogP contribution in [0.5, 0.6) is 0 Å². The van der Waals surface area contributed by atoms with Gasteiger partial charge in [-0.2, -0.15) is 0 Å². The zero-order valence-corrected chi connectivity index (χ0v) is 22.3. The van der Waals surface area contributed by atoms with Gasteiger partial charge in [0.15, 0.2) is 5.78 Å². The van der Waals surface area contributed by atoms with Gasteiger partial charge in [0, 0.05) is 34.5 Å². The van der Waals surface area contributed by atoms with E-state index in [4.69, 9.17) is 4.74 Å². The highest BCUT2D eigenvalue weighted by Gasteiger charge is 2.35. The summed E-state index contributed by atoms with van der Waals surface area (Å²) in [5.74, 6) is -0.159. The van der Waals surface area contributed by atoms with Crippen LogP contribution in [0.4, 0.5) is 0 Å². The first-order chi connectivity index (χ1) is 14.5. The zero-order chi connectivity index (χ0) is 26.2. The van der Waals surface area contributed by atoms with Crippen molar-refractivity contribution in [2.75, 3.05) is 28.3 Å². The molecular formula is C23H48N4O5. The quantitative estimate of drug-likeness (QED) is 0.455. The highest BCUT2D eigenvalue weighted by molar-refractivity contribution is 5.96. The molecule has 0 aliphatic rings. The van der Waals surface area contributed by atoms with Crippen LogP contribution < -0.4 is 16.4 Å². The van der Waals surface area contributed by atoms with Gasteiger partial charge < -0.3 is 26.0 Å². The molecule has 1 unspecified atom stereocenters. The summed E-state index contributed by atoms with van der Waals surface area (Å²) in [6.45, 7) is 14.4. The van der Waals surface area contributed by atoms with Gasteiger partial charge in [0.1, 0.15) is 11.6 Å². The topological polar surface area (TPSA) is 131 Å². The van der Waals surface area contributed by atoms with Gasteiger partial charge in [-0.15, -0.1) is 0 Å². The van der Waals surface area contributed by atoms with Gasteiger partial charge in [0.2, 0.25) is 17.7 Å². The predicted octanol–water partition coefficient (Wildman–Crippen LogP) is 1.73. The van der Waals surface area contributed by atoms with Crippen LogP contribution in [-0.2, 0) is 23.9 Å². The molecule has 32 heavy (non-hydrogen) atoms. The van der Waals surface area contributed by atoms with Crippen LogP contribution in [0, 0.1) is 11.8 Å². The molecule has 0 fully saturated rings. The normalized spacial score (nSPS) is 12.5. The Balaban J connectivity index is -0.000000899. The lowest BCUT2D eigenvalue weighted by molar-refractivity contribution is -0.142. The number of nitrogens with one attached hydrogen (secondary N) is 2. The first kappa shape index (κ1) is 34.6. The van der Waals surface area contributed by atoms with Crippen molar-refractivity contribution in [3.05, 3.63) is 0 Å². The van der Waals surface area contributed by atoms with Crippen LogP contribution in [-0.4, -0.2) is 74.3 Å². The Hall–Kier alpha value is -2.00. The minimum absolute atomic E-state index is 0.0926. The number of ether oxygens (including phenoxy) is 1. The molecule has 0 aliphatic carbocycles. The third-order valence-corrected chi connectivity index (χ3v) is 4.44. The van der Waals surface area contributed by atoms with E-state index in [0.717, 1.165) is 0 Å². The maximum Gasteiger partial charge on any atom is 0.242 e. The number of Topliss-reactive ketones (excluding diaryl/α,β-unsaturated/α-hetero) is 1. The van der Waals surface area contributed by atoms with Crippen molar-refractivity contribution in [3.8, 4) is 0 Å². The first-order valence-corrected chi connectivity index (χ1v) is 11.0. The van der Waals surface area contributed by atoms with Crippen molar-refractivity contribution in [1.82, 2.24) is 15.5 Å². The summed E-state index contributed by atoms with van der Waals surface area (Å²) in [4.78, 5) is 48.4. The minimum Gasteiger partial charge on any atom is -0.371 e. The van der Waals surface area contributed by atoms with E-state index < -0.39 is 17.7 Å². The standard InChI is InChI=1S/C18H34N2O4.C4H9NO.CH5N/c1-11(2)9-14(16(22)18(6,7)24-8)20-17(23)13(5)19-15(21)10-12(3)4;1-4(6)5(2)3;1-2/h11-14H,9-10H2,1-8H3,(H,19,21)(H,20,23);1-3H3;2H2,1H3/t13-,14?;;/m0../s1. The molecule has 0 bridgehead atoms. The number of nitrogens with zero attached hydrogens (tertiary/aromatic N) is 1. The lowest BCUT2D eigenvalue weighted by atomic mass is 9.91. The van der Waals surface area contributed by atoms with E-state index in [-0.39, 0.29) is 35.3 Å². The molecule has 0 saturated carbocycles. The smallest absolute Gasteiger partial charge is 0.242 e. The van der Waals surface area contributed by atoms with Crippen molar-refractivity contribution >= 4 is 23.5 Å². The van der Waals surface area contributed by atoms with E-state index in [2.05, 4.69) is 16.4 Å². The Morgan fingerprint density at radius 3 is 1.69 bits per heavy atom. The van der Waals surface area contributed by atoms with Crippen molar-refractivity contribution in [1.29, 1.82) is 0 Å². The molecule has 3 amide bonds. The molecule has 9 heteroatoms. The second-order valence-corrected chi connectivity index (χ2v) is 9.07. The fraction of sp³-hybridized carbons (Fsp3) is 0.826. The molecule has 190 valence electrons. The number of amides is 3. The summed E-state index contributed by atoms with van der Waals surface area (Å²) in [6, 6.07) is -1.33. The number of carbonyl (C=O) groups is 4. The molecule has 0 rings (SSSR count). The van der Waals surface area contributed by atoms with Gasteiger partial charge >= 0.3 is 0 Å². The average molecular weight is 461 g/mol. The Morgan fingerprint density at radius 1 is 0.938 bits per heavy atom. The van der Waals surface area contributed by atoms with Crippen LogP contribution in [0.25, 0.3) is 0 Å². The predicted molar refractivity (Wildman–Crippen MR) is 129 cm³/mol. The van der Waals surface area contributed by atoms with E-state index in [9.17, 15) is 19.2 Å². The second-order valence-electron chi connectivity index (χ2n) is 9.07. The molecule has 0 spiro atoms. The highest BCUT2D eigenvalue weighted by atomic mass is 16.5. The SMILES string of the molecule is CC(=O)N(C)C.CN.COC(C)(C)C(=O)C(CC(C)C)NC(=O)[C@H](C)NC(=O)CC(C)C. The number of methoxy groups -OCH3 is 1. The molecule has 9 nitrogen and oxygen atoms in total. The average Bonchev–Trinajstić information content (AvgIpc) is 2.67. The maximum atomic E-state index is 12.6. The van der Waals surface area contributed by atoms with Crippen LogP contribution in [0.2, 0.25) is 0 Å². The maximum absolute atomic E-state index is 12.6. The van der Waals surface area contributed by atoms with Gasteiger partial charge in [0.25, 0.3) is 0 Å². The first-order valence-electron chi connectivity index (χ1n) is 11.0. The molecular weight excluding hydrogens is 412 g/mol. The Kier molecular flexibility index (Phi) is 19.0. The lowest BCUT2D eigenvalue weighted by Crippen LogP contribution is -2.54. The molecule has 0 radical (unpaired) electrons. The number of hydrogen-bond donors (Lipinski definition) is 3. The molecule has 0 aromatic rings. The van der Waals surface area contributed by atoms with E-state index in [1.807, 2.05) is 27.7 Å². The van der Waals surface area contributed by atoms with Crippen LogP contribution >= 0.6 is 0 Å². The number of nitrogens with two attached hydrogens (primary N) is 1. The number of rotatable bonds is 10. The third kappa shape index (κ3) is 16.7. The van der Waals surface area contributed by atoms with Crippen molar-refractivity contribution in [2.45, 2.75) is 85.9 Å². The monoisotopic (exact) mass is 460 g/mol. The van der Waals surface area contributed by atoms with Crippen molar-refractivity contribution in [3.63, 3.8) is 0 Å². The fourth-order valence-corrected chi connectivity index (χ4v) is 2.26. The van der Waals surface area contributed by atoms with E-state index in [1.54, 1.807) is 34.9 Å². The number of hydrogen-bond acceptors (Lipinski definition) is 6. The molecule has 0 aromatic carbocycles. The van der Waals surface area contributed by atoms with Gasteiger partial charge in [0.05, 0.1) is 6.04 Å². The van der Waals surface area contributed by atoms with Crippen LogP contribution in [0.1, 0.15) is 68.2 Å². The Labute approximate surface area is 195 Å². The Morgan fingerprint density at radius 2 is 1.38 bits per heavy atom. The summed E-state index contributed by atoms with van der Waals surface area (Å²) in [5, 5.41) is 5.43. The van der Waals surface area contributed by atoms with E-state index >= 15 is 0 Å². The van der Waals surface area contributed by atoms with Gasteiger partial charge in [-0.25, -0.2) is 0 Å². The number of carbonyl (C=O) groups excluding carboxylic acids is 4. The summed E-state index contributed by atoms with van der Waals surface area (Å²) >= 11 is 0. The molecule has 0 aromatic heterocycles. The Bertz CT molecular complexity index is 575. The second kappa shape index (κ2) is 17.5. The highest BCUT2D eigenvalue weighted by Crippen LogP contribution is 2.16. The van der Waals surface area contributed by atoms with E-state index in [0.29, 0.717) is 12.8 Å². The molecule has 0 heterocycles. The molecule has 2 atom stereocenters. The minimum atomic E-state index is -0.975. The fourth-order valence-electron chi connectivity index (χ4n) is 2.26. The van der Waals surface area contributed by atoms with Gasteiger partial charge in [-0.1, -0.05) is 27.7 Å². The van der Waals surface area contributed by atoms with Crippen molar-refractivity contribution in [2.24, 2.45) is 17.6 Å². The van der Waals surface area contributed by atoms with Crippen LogP contribution in [0.3, 0.4) is 0 Å². The summed E-state index contributed by atoms with van der Waals surface area (Å²) in [6.07, 6.45) is 0.882. The van der Waals surface area contributed by atoms with E-state index in [1.165, 1.54) is 26.0 Å². The van der Waals surface area contributed by atoms with Crippen molar-refractivity contribution < 1.29 is 23.9 Å². The third-order valence-electron chi connectivity index (χ3n) is 4.44. The summed E-state index contributed by atoms with van der Waals surface area (Å²) in [5.41, 5.74) is 3.52. The van der Waals surface area contributed by atoms with Gasteiger partial charge in [-0.05, 0) is 46.1 Å². The molecule has 0 saturated heterocycles. The summed E-state index contributed by atoms with van der Waals surface area (Å²) < 4.78 is 5.24. The largest absolute Gasteiger partial charge is 0.371 e. The molecule has 4 N–H and O–H groups in total.